The number of rotatable bonds is 6. The van der Waals surface area contributed by atoms with Crippen molar-refractivity contribution in [3.8, 4) is 11.3 Å². The molecule has 1 aromatic heterocycles. The van der Waals surface area contributed by atoms with Gasteiger partial charge in [0, 0.05) is 50.7 Å². The predicted molar refractivity (Wildman–Crippen MR) is 129 cm³/mol. The van der Waals surface area contributed by atoms with Crippen LogP contribution in [0, 0.1) is 30.5 Å². The van der Waals surface area contributed by atoms with E-state index in [2.05, 4.69) is 20.4 Å². The van der Waals surface area contributed by atoms with Crippen molar-refractivity contribution >= 4 is 15.7 Å². The highest BCUT2D eigenvalue weighted by atomic mass is 32.2. The Morgan fingerprint density at radius 2 is 1.82 bits per heavy atom. The molecule has 184 valence electrons. The summed E-state index contributed by atoms with van der Waals surface area (Å²) in [4.78, 5) is 2.72. The van der Waals surface area contributed by atoms with Gasteiger partial charge in [-0.2, -0.15) is 0 Å². The molecule has 3 fully saturated rings. The van der Waals surface area contributed by atoms with Gasteiger partial charge in [-0.15, -0.1) is 10.2 Å². The molecule has 0 spiro atoms. The number of likely N-dealkylation sites (tertiary alicyclic amines) is 1. The molecule has 1 N–H and O–H groups in total. The van der Waals surface area contributed by atoms with Crippen molar-refractivity contribution < 1.29 is 17.5 Å². The van der Waals surface area contributed by atoms with Crippen LogP contribution in [0.15, 0.2) is 29.2 Å². The van der Waals surface area contributed by atoms with Crippen molar-refractivity contribution in [3.05, 3.63) is 35.6 Å². The highest BCUT2D eigenvalue weighted by molar-refractivity contribution is 7.90. The molecule has 7 nitrogen and oxygen atoms in total. The van der Waals surface area contributed by atoms with Crippen LogP contribution in [0.3, 0.4) is 0 Å². The summed E-state index contributed by atoms with van der Waals surface area (Å²) >= 11 is 0. The lowest BCUT2D eigenvalue weighted by atomic mass is 10.00. The summed E-state index contributed by atoms with van der Waals surface area (Å²) in [6.07, 6.45) is 5.51. The van der Waals surface area contributed by atoms with Crippen molar-refractivity contribution in [3.63, 3.8) is 0 Å². The summed E-state index contributed by atoms with van der Waals surface area (Å²) in [6.45, 7) is 7.01. The van der Waals surface area contributed by atoms with E-state index in [1.165, 1.54) is 31.0 Å². The van der Waals surface area contributed by atoms with Gasteiger partial charge in [-0.3, -0.25) is 0 Å². The first-order valence-electron chi connectivity index (χ1n) is 12.2. The average Bonchev–Trinajstić information content (AvgIpc) is 3.33. The number of hydrogen-bond acceptors (Lipinski definition) is 7. The number of aryl methyl sites for hydroxylation is 1. The van der Waals surface area contributed by atoms with Gasteiger partial charge < -0.3 is 15.0 Å². The van der Waals surface area contributed by atoms with E-state index in [0.29, 0.717) is 28.9 Å². The molecule has 5 rings (SSSR count). The first-order chi connectivity index (χ1) is 16.3. The Morgan fingerprint density at radius 3 is 2.50 bits per heavy atom. The molecule has 2 aliphatic heterocycles. The van der Waals surface area contributed by atoms with Gasteiger partial charge in [-0.1, -0.05) is 6.07 Å². The van der Waals surface area contributed by atoms with Crippen LogP contribution in [0.25, 0.3) is 11.3 Å². The molecule has 2 aromatic rings. The number of aromatic nitrogens is 2. The monoisotopic (exact) mass is 488 g/mol. The maximum absolute atomic E-state index is 13.8. The SMILES string of the molecule is Cc1ccc(F)cc1-c1cc(S(C)(=O)=O)c(N[C@H]2C[C@@H]3CN(CC4CCOCC4)C[C@@H]3C2)nn1. The molecule has 34 heavy (non-hydrogen) atoms. The number of hydrogen-bond donors (Lipinski definition) is 1. The zero-order valence-corrected chi connectivity index (χ0v) is 20.7. The van der Waals surface area contributed by atoms with Crippen LogP contribution < -0.4 is 5.32 Å². The highest BCUT2D eigenvalue weighted by Gasteiger charge is 2.41. The summed E-state index contributed by atoms with van der Waals surface area (Å²) in [5.41, 5.74) is 1.71. The molecule has 0 bridgehead atoms. The lowest BCUT2D eigenvalue weighted by Gasteiger charge is -2.27. The van der Waals surface area contributed by atoms with E-state index in [4.69, 9.17) is 4.74 Å². The van der Waals surface area contributed by atoms with Gasteiger partial charge in [-0.05, 0) is 74.1 Å². The fraction of sp³-hybridized carbons (Fsp3) is 0.600. The Morgan fingerprint density at radius 1 is 1.12 bits per heavy atom. The molecule has 0 radical (unpaired) electrons. The number of nitrogens with zero attached hydrogens (tertiary/aromatic N) is 3. The number of anilines is 1. The molecule has 3 aliphatic rings. The van der Waals surface area contributed by atoms with E-state index in [1.807, 2.05) is 6.92 Å². The fourth-order valence-corrected chi connectivity index (χ4v) is 6.69. The van der Waals surface area contributed by atoms with Crippen LogP contribution in [0.4, 0.5) is 10.2 Å². The summed E-state index contributed by atoms with van der Waals surface area (Å²) in [5.74, 6) is 1.90. The third-order valence-corrected chi connectivity index (χ3v) is 8.77. The molecule has 9 heteroatoms. The third-order valence-electron chi connectivity index (χ3n) is 7.66. The van der Waals surface area contributed by atoms with Crippen LogP contribution >= 0.6 is 0 Å². The van der Waals surface area contributed by atoms with Crippen molar-refractivity contribution in [2.75, 3.05) is 44.4 Å². The predicted octanol–water partition coefficient (Wildman–Crippen LogP) is 3.54. The fourth-order valence-electron chi connectivity index (χ4n) is 5.91. The number of fused-ring (bicyclic) bond motifs is 1. The molecule has 1 saturated carbocycles. The Bertz CT molecular complexity index is 1140. The van der Waals surface area contributed by atoms with E-state index < -0.39 is 15.7 Å². The van der Waals surface area contributed by atoms with Gasteiger partial charge in [0.15, 0.2) is 15.7 Å². The summed E-state index contributed by atoms with van der Waals surface area (Å²) in [6, 6.07) is 6.08. The highest BCUT2D eigenvalue weighted by Crippen LogP contribution is 2.40. The van der Waals surface area contributed by atoms with Crippen molar-refractivity contribution in [1.82, 2.24) is 15.1 Å². The molecule has 1 aromatic carbocycles. The van der Waals surface area contributed by atoms with Crippen LogP contribution in [0.5, 0.6) is 0 Å². The quantitative estimate of drug-likeness (QED) is 0.666. The average molecular weight is 489 g/mol. The first kappa shape index (κ1) is 23.6. The topological polar surface area (TPSA) is 84.4 Å². The Labute approximate surface area is 201 Å². The first-order valence-corrected chi connectivity index (χ1v) is 14.1. The number of sulfone groups is 1. The number of nitrogens with one attached hydrogen (secondary N) is 1. The summed E-state index contributed by atoms with van der Waals surface area (Å²) < 4.78 is 44.5. The lowest BCUT2D eigenvalue weighted by Crippen LogP contribution is -2.32. The Balaban J connectivity index is 1.27. The van der Waals surface area contributed by atoms with Crippen LogP contribution in [0.2, 0.25) is 0 Å². The van der Waals surface area contributed by atoms with Gasteiger partial charge in [0.2, 0.25) is 0 Å². The van der Waals surface area contributed by atoms with E-state index in [0.717, 1.165) is 63.5 Å². The van der Waals surface area contributed by atoms with Crippen molar-refractivity contribution in [2.45, 2.75) is 43.5 Å². The number of halogens is 1. The second-order valence-electron chi connectivity index (χ2n) is 10.3. The molecular formula is C25H33FN4O3S. The minimum absolute atomic E-state index is 0.111. The molecule has 0 unspecified atom stereocenters. The molecule has 2 saturated heterocycles. The summed E-state index contributed by atoms with van der Waals surface area (Å²) in [5, 5.41) is 11.9. The van der Waals surface area contributed by atoms with Crippen LogP contribution in [-0.2, 0) is 14.6 Å². The van der Waals surface area contributed by atoms with Gasteiger partial charge in [-0.25, -0.2) is 12.8 Å². The van der Waals surface area contributed by atoms with Gasteiger partial charge >= 0.3 is 0 Å². The molecule has 3 atom stereocenters. The standard InChI is InChI=1S/C25H33FN4O3S/c1-16-3-4-20(26)11-22(16)23-12-24(34(2,31)32)25(29-28-23)27-21-9-18-14-30(15-19(18)10-21)13-17-5-7-33-8-6-17/h3-4,11-12,17-19,21H,5-10,13-15H2,1-2H3,(H,27,29)/t18-,19+,21+. The van der Waals surface area contributed by atoms with Gasteiger partial charge in [0.25, 0.3) is 0 Å². The lowest BCUT2D eigenvalue weighted by molar-refractivity contribution is 0.0545. The minimum atomic E-state index is -3.55. The van der Waals surface area contributed by atoms with E-state index in [1.54, 1.807) is 6.07 Å². The van der Waals surface area contributed by atoms with Gasteiger partial charge in [0.1, 0.15) is 10.7 Å². The van der Waals surface area contributed by atoms with E-state index in [-0.39, 0.29) is 10.9 Å². The second-order valence-corrected chi connectivity index (χ2v) is 12.3. The Kier molecular flexibility index (Phi) is 6.61. The van der Waals surface area contributed by atoms with Crippen molar-refractivity contribution in [1.29, 1.82) is 0 Å². The maximum atomic E-state index is 13.8. The second kappa shape index (κ2) is 9.51. The van der Waals surface area contributed by atoms with Crippen LogP contribution in [0.1, 0.15) is 31.2 Å². The molecular weight excluding hydrogens is 455 g/mol. The Hall–Kier alpha value is -2.10. The largest absolute Gasteiger partial charge is 0.381 e. The third kappa shape index (κ3) is 5.11. The van der Waals surface area contributed by atoms with Crippen molar-refractivity contribution in [2.24, 2.45) is 17.8 Å². The van der Waals surface area contributed by atoms with E-state index in [9.17, 15) is 12.8 Å². The van der Waals surface area contributed by atoms with Gasteiger partial charge in [0.05, 0.1) is 5.69 Å². The molecule has 0 amide bonds. The zero-order valence-electron chi connectivity index (χ0n) is 19.8. The smallest absolute Gasteiger partial charge is 0.179 e. The minimum Gasteiger partial charge on any atom is -0.381 e. The normalized spacial score (nSPS) is 26.0. The zero-order chi connectivity index (χ0) is 23.9. The number of ether oxygens (including phenoxy) is 1. The van der Waals surface area contributed by atoms with Crippen LogP contribution in [-0.4, -0.2) is 68.7 Å². The molecule has 1 aliphatic carbocycles. The number of benzene rings is 1. The maximum Gasteiger partial charge on any atom is 0.179 e. The summed E-state index contributed by atoms with van der Waals surface area (Å²) in [7, 11) is -3.55. The molecule has 3 heterocycles. The van der Waals surface area contributed by atoms with E-state index >= 15 is 0 Å².